The predicted octanol–water partition coefficient (Wildman–Crippen LogP) is 10.8. The third kappa shape index (κ3) is 9.13. The lowest BCUT2D eigenvalue weighted by atomic mass is 9.44. The van der Waals surface area contributed by atoms with E-state index in [1.165, 1.54) is 72.4 Å². The molecule has 6 heteroatoms. The van der Waals surface area contributed by atoms with Crippen LogP contribution in [-0.2, 0) is 13.3 Å². The first-order chi connectivity index (χ1) is 39.0. The van der Waals surface area contributed by atoms with Gasteiger partial charge >= 0.3 is 0 Å². The Kier molecular flexibility index (Phi) is 14.6. The minimum atomic E-state index is -3.05. The zero-order chi connectivity index (χ0) is 53.2. The molecule has 0 amide bonds. The summed E-state index contributed by atoms with van der Waals surface area (Å²) in [5, 5.41) is 11.8. The SMILES string of the molecule is C[C@]12CC[C@H]3[C@@H](CC[C@H]4C[C@@H](O[Si](c5ccccc5)(c5ccccc5)c5ccccc5)CC[C@@]43CO[Si](c3ccccc3)(c3ccccc3)c3ccccc3)[C@@H]1CC[C@@H]2O[Si](c1ccccc1)(c1ccccc1)c1ccccc1. The quantitative estimate of drug-likeness (QED) is 0.0713. The van der Waals surface area contributed by atoms with Crippen molar-refractivity contribution in [1.82, 2.24) is 0 Å². The van der Waals surface area contributed by atoms with Gasteiger partial charge in [0.1, 0.15) is 0 Å². The lowest BCUT2D eigenvalue weighted by Gasteiger charge is -2.62. The molecule has 0 spiro atoms. The summed E-state index contributed by atoms with van der Waals surface area (Å²) < 4.78 is 24.8. The van der Waals surface area contributed by atoms with Crippen LogP contribution in [0.25, 0.3) is 0 Å². The molecule has 0 saturated heterocycles. The predicted molar refractivity (Wildman–Crippen MR) is 334 cm³/mol. The smallest absolute Gasteiger partial charge is 0.288 e. The van der Waals surface area contributed by atoms with E-state index in [4.69, 9.17) is 13.3 Å². The van der Waals surface area contributed by atoms with Crippen molar-refractivity contribution in [3.63, 3.8) is 0 Å². The Balaban J connectivity index is 0.901. The Morgan fingerprint density at radius 1 is 0.342 bits per heavy atom. The highest BCUT2D eigenvalue weighted by molar-refractivity contribution is 7.08. The van der Waals surface area contributed by atoms with Crippen molar-refractivity contribution in [2.75, 3.05) is 6.61 Å². The number of hydrogen-bond acceptors (Lipinski definition) is 3. The maximum Gasteiger partial charge on any atom is 0.288 e. The molecule has 4 aliphatic rings. The average molecular weight is 1080 g/mol. The fraction of sp³-hybridized carbons (Fsp3) is 0.260. The standard InChI is InChI=1S/C73H74O3Si3/c1-72-53-52-70-68(69(72)49-50-71(72)76-79(65-41-23-8-24-42-65,66-43-25-9-26-44-66)67-45-27-10-28-46-67)48-47-57-55-58(75-78(62-35-17-5-18-36-62,63-37-19-6-20-38-63)64-39-21-7-22-40-64)51-54-73(57,70)56-74-77(59-29-11-2-12-30-59,60-31-13-3-14-32-60)61-33-15-4-16-34-61/h2-46,57-58,68-71H,47-56H2,1H3/t57-,58-,68-,69-,70-,71-,72-,73+/m0/s1. The van der Waals surface area contributed by atoms with Gasteiger partial charge in [-0.1, -0.05) is 280 Å². The third-order valence-electron chi connectivity index (χ3n) is 20.1. The molecule has 0 unspecified atom stereocenters. The number of hydrogen-bond donors (Lipinski definition) is 0. The minimum Gasteiger partial charge on any atom is -0.404 e. The molecule has 4 fully saturated rings. The molecule has 3 nitrogen and oxygen atoms in total. The zero-order valence-corrected chi connectivity index (χ0v) is 48.7. The lowest BCUT2D eigenvalue weighted by molar-refractivity contribution is -0.152. The summed E-state index contributed by atoms with van der Waals surface area (Å²) in [6, 6.07) is 102. The second-order valence-corrected chi connectivity index (χ2v) is 33.8. The van der Waals surface area contributed by atoms with E-state index in [9.17, 15) is 0 Å². The van der Waals surface area contributed by atoms with Crippen LogP contribution in [0, 0.1) is 34.5 Å². The summed E-state index contributed by atoms with van der Waals surface area (Å²) in [7, 11) is -8.98. The van der Waals surface area contributed by atoms with Gasteiger partial charge in [-0.15, -0.1) is 0 Å². The average Bonchev–Trinajstić information content (AvgIpc) is 4.04. The van der Waals surface area contributed by atoms with E-state index >= 15 is 0 Å². The topological polar surface area (TPSA) is 27.7 Å². The van der Waals surface area contributed by atoms with Crippen LogP contribution in [0.2, 0.25) is 0 Å². The monoisotopic (exact) mass is 1080 g/mol. The molecule has 0 radical (unpaired) electrons. The van der Waals surface area contributed by atoms with Gasteiger partial charge in [0.25, 0.3) is 25.0 Å². The molecule has 9 aromatic carbocycles. The van der Waals surface area contributed by atoms with Crippen LogP contribution < -0.4 is 46.7 Å². The van der Waals surface area contributed by atoms with E-state index in [2.05, 4.69) is 280 Å². The molecule has 0 aliphatic heterocycles. The Morgan fingerprint density at radius 3 is 1.05 bits per heavy atom. The Bertz CT molecular complexity index is 3090. The fourth-order valence-electron chi connectivity index (χ4n) is 16.5. The van der Waals surface area contributed by atoms with Gasteiger partial charge in [-0.25, -0.2) is 0 Å². The molecular weight excluding hydrogens is 1010 g/mol. The Hall–Kier alpha value is -6.49. The molecule has 13 rings (SSSR count). The molecule has 4 saturated carbocycles. The van der Waals surface area contributed by atoms with Crippen molar-refractivity contribution >= 4 is 71.6 Å². The van der Waals surface area contributed by atoms with Crippen LogP contribution in [0.1, 0.15) is 64.7 Å². The first kappa shape index (κ1) is 51.9. The van der Waals surface area contributed by atoms with E-state index < -0.39 is 25.0 Å². The molecule has 4 aliphatic carbocycles. The van der Waals surface area contributed by atoms with E-state index in [1.807, 2.05) is 0 Å². The molecule has 9 aromatic rings. The Morgan fingerprint density at radius 2 is 0.684 bits per heavy atom. The lowest BCUT2D eigenvalue weighted by Crippen LogP contribution is -2.72. The summed E-state index contributed by atoms with van der Waals surface area (Å²) in [5.74, 6) is 2.11. The number of benzene rings is 9. The largest absolute Gasteiger partial charge is 0.404 e. The number of rotatable bonds is 16. The van der Waals surface area contributed by atoms with Gasteiger partial charge in [0.2, 0.25) is 0 Å². The van der Waals surface area contributed by atoms with Gasteiger partial charge in [-0.2, -0.15) is 0 Å². The van der Waals surface area contributed by atoms with E-state index in [1.54, 1.807) is 0 Å². The maximum atomic E-state index is 8.34. The molecule has 0 bridgehead atoms. The van der Waals surface area contributed by atoms with Gasteiger partial charge in [0.15, 0.2) is 0 Å². The van der Waals surface area contributed by atoms with Gasteiger partial charge in [0, 0.05) is 12.7 Å². The van der Waals surface area contributed by atoms with Crippen molar-refractivity contribution in [2.24, 2.45) is 34.5 Å². The van der Waals surface area contributed by atoms with Crippen molar-refractivity contribution < 1.29 is 13.3 Å². The summed E-state index contributed by atoms with van der Waals surface area (Å²) in [4.78, 5) is 0. The van der Waals surface area contributed by atoms with Gasteiger partial charge in [0.05, 0.1) is 6.10 Å². The van der Waals surface area contributed by atoms with Crippen molar-refractivity contribution in [3.05, 3.63) is 273 Å². The van der Waals surface area contributed by atoms with E-state index in [0.29, 0.717) is 23.7 Å². The van der Waals surface area contributed by atoms with Crippen LogP contribution in [0.5, 0.6) is 0 Å². The van der Waals surface area contributed by atoms with Gasteiger partial charge in [-0.05, 0) is 139 Å². The van der Waals surface area contributed by atoms with Gasteiger partial charge < -0.3 is 13.3 Å². The summed E-state index contributed by atoms with van der Waals surface area (Å²) in [6.45, 7) is 3.40. The summed E-state index contributed by atoms with van der Waals surface area (Å²) >= 11 is 0. The minimum absolute atomic E-state index is 0.0350. The van der Waals surface area contributed by atoms with Crippen molar-refractivity contribution in [1.29, 1.82) is 0 Å². The second kappa shape index (κ2) is 22.2. The first-order valence-electron chi connectivity index (χ1n) is 29.5. The van der Waals surface area contributed by atoms with Crippen LogP contribution in [0.4, 0.5) is 0 Å². The van der Waals surface area contributed by atoms with E-state index in [0.717, 1.165) is 38.7 Å². The van der Waals surface area contributed by atoms with Gasteiger partial charge in [-0.3, -0.25) is 0 Å². The summed E-state index contributed by atoms with van der Waals surface area (Å²) in [5.41, 5.74) is 0.00253. The highest BCUT2D eigenvalue weighted by Gasteiger charge is 2.64. The highest BCUT2D eigenvalue weighted by atomic mass is 28.4. The first-order valence-corrected chi connectivity index (χ1v) is 35.2. The second-order valence-electron chi connectivity index (χ2n) is 23.8. The third-order valence-corrected chi connectivity index (χ3v) is 32.3. The molecule has 79 heavy (non-hydrogen) atoms. The molecule has 8 atom stereocenters. The molecule has 0 N–H and O–H groups in total. The van der Waals surface area contributed by atoms with Crippen molar-refractivity contribution in [3.8, 4) is 0 Å². The van der Waals surface area contributed by atoms with Crippen LogP contribution in [0.15, 0.2) is 273 Å². The Labute approximate surface area is 473 Å². The fourth-order valence-corrected chi connectivity index (χ4v) is 28.8. The highest BCUT2D eigenvalue weighted by Crippen LogP contribution is 2.67. The summed E-state index contributed by atoms with van der Waals surface area (Å²) in [6.07, 6.45) is 10.4. The molecular formula is C73H74O3Si3. The molecule has 0 heterocycles. The normalized spacial score (nSPS) is 24.9. The maximum absolute atomic E-state index is 8.34. The van der Waals surface area contributed by atoms with Crippen LogP contribution in [-0.4, -0.2) is 43.8 Å². The van der Waals surface area contributed by atoms with E-state index in [-0.39, 0.29) is 23.0 Å². The number of fused-ring (bicyclic) bond motifs is 5. The van der Waals surface area contributed by atoms with Crippen molar-refractivity contribution in [2.45, 2.75) is 76.9 Å². The molecule has 0 aromatic heterocycles. The molecule has 396 valence electrons. The van der Waals surface area contributed by atoms with Crippen LogP contribution >= 0.6 is 0 Å². The zero-order valence-electron chi connectivity index (χ0n) is 45.7. The van der Waals surface area contributed by atoms with Crippen LogP contribution in [0.3, 0.4) is 0 Å².